The minimum Gasteiger partial charge on any atom is -0.288 e. The molecule has 6 nitrogen and oxygen atoms in total. The maximum absolute atomic E-state index is 12.3. The van der Waals surface area contributed by atoms with Crippen LogP contribution in [0.4, 0.5) is 5.69 Å². The molecule has 0 saturated heterocycles. The molecule has 0 unspecified atom stereocenters. The van der Waals surface area contributed by atoms with E-state index in [0.29, 0.717) is 11.3 Å². The van der Waals surface area contributed by atoms with E-state index in [1.807, 2.05) is 0 Å². The fraction of sp³-hybridized carbons (Fsp3) is 0. The summed E-state index contributed by atoms with van der Waals surface area (Å²) in [6.45, 7) is 0. The molecule has 1 amide bonds. The first-order chi connectivity index (χ1) is 12.5. The van der Waals surface area contributed by atoms with Crippen LogP contribution in [-0.4, -0.2) is 19.5 Å². The summed E-state index contributed by atoms with van der Waals surface area (Å²) in [5, 5.41) is 8.62. The van der Waals surface area contributed by atoms with Gasteiger partial charge in [-0.3, -0.25) is 14.7 Å². The van der Waals surface area contributed by atoms with Crippen LogP contribution < -0.4 is 10.2 Å². The fourth-order valence-electron chi connectivity index (χ4n) is 2.42. The topological polar surface area (TPSA) is 95.5 Å². The van der Waals surface area contributed by atoms with Gasteiger partial charge in [0.25, 0.3) is 15.9 Å². The van der Waals surface area contributed by atoms with Crippen LogP contribution in [0.5, 0.6) is 0 Å². The number of hydrogen-bond donors (Lipinski definition) is 3. The molecule has 0 fully saturated rings. The summed E-state index contributed by atoms with van der Waals surface area (Å²) in [5.41, 5.74) is 4.09. The van der Waals surface area contributed by atoms with E-state index in [1.165, 1.54) is 12.1 Å². The standard InChI is InChI=1S/C19H16N2O4S/c22-19(20-23)16-8-6-14(7-9-16)15-10-12-17(13-11-15)21-26(24,25)18-4-2-1-3-5-18/h1-13,21,23H,(H,20,22). The lowest BCUT2D eigenvalue weighted by Gasteiger charge is -2.09. The Morgan fingerprint density at radius 1 is 0.769 bits per heavy atom. The third-order valence-electron chi connectivity index (χ3n) is 3.77. The number of hydrogen-bond acceptors (Lipinski definition) is 4. The molecule has 0 aliphatic heterocycles. The first-order valence-electron chi connectivity index (χ1n) is 7.72. The van der Waals surface area contributed by atoms with E-state index in [1.54, 1.807) is 72.2 Å². The average molecular weight is 368 g/mol. The van der Waals surface area contributed by atoms with Crippen molar-refractivity contribution < 1.29 is 18.4 Å². The van der Waals surface area contributed by atoms with E-state index in [2.05, 4.69) is 4.72 Å². The van der Waals surface area contributed by atoms with Gasteiger partial charge >= 0.3 is 0 Å². The molecule has 3 aromatic rings. The number of sulfonamides is 1. The molecule has 0 aromatic heterocycles. The van der Waals surface area contributed by atoms with E-state index < -0.39 is 15.9 Å². The third-order valence-corrected chi connectivity index (χ3v) is 5.17. The van der Waals surface area contributed by atoms with Crippen LogP contribution in [0.3, 0.4) is 0 Å². The van der Waals surface area contributed by atoms with Gasteiger partial charge in [-0.25, -0.2) is 13.9 Å². The number of nitrogens with one attached hydrogen (secondary N) is 2. The Labute approximate surface area is 151 Å². The van der Waals surface area contributed by atoms with Gasteiger partial charge in [0.05, 0.1) is 4.90 Å². The van der Waals surface area contributed by atoms with Gasteiger partial charge in [-0.15, -0.1) is 0 Å². The highest BCUT2D eigenvalue weighted by molar-refractivity contribution is 7.92. The SMILES string of the molecule is O=C(NO)c1ccc(-c2ccc(NS(=O)(=O)c3ccccc3)cc2)cc1. The minimum atomic E-state index is -3.63. The molecule has 0 radical (unpaired) electrons. The van der Waals surface area contributed by atoms with Crippen molar-refractivity contribution in [2.24, 2.45) is 0 Å². The van der Waals surface area contributed by atoms with Gasteiger partial charge in [-0.2, -0.15) is 0 Å². The van der Waals surface area contributed by atoms with E-state index >= 15 is 0 Å². The van der Waals surface area contributed by atoms with E-state index in [0.717, 1.165) is 11.1 Å². The number of anilines is 1. The summed E-state index contributed by atoms with van der Waals surface area (Å²) in [6, 6.07) is 21.7. The summed E-state index contributed by atoms with van der Waals surface area (Å²) in [6.07, 6.45) is 0. The smallest absolute Gasteiger partial charge is 0.274 e. The van der Waals surface area contributed by atoms with Crippen LogP contribution in [0.1, 0.15) is 10.4 Å². The normalized spacial score (nSPS) is 11.0. The summed E-state index contributed by atoms with van der Waals surface area (Å²) >= 11 is 0. The van der Waals surface area contributed by atoms with Gasteiger partial charge in [0.2, 0.25) is 0 Å². The first-order valence-corrected chi connectivity index (χ1v) is 9.21. The largest absolute Gasteiger partial charge is 0.288 e. The molecule has 3 rings (SSSR count). The van der Waals surface area contributed by atoms with Crippen molar-refractivity contribution in [3.63, 3.8) is 0 Å². The molecule has 0 spiro atoms. The van der Waals surface area contributed by atoms with Crippen molar-refractivity contribution >= 4 is 21.6 Å². The van der Waals surface area contributed by atoms with Crippen molar-refractivity contribution in [3.8, 4) is 11.1 Å². The molecule has 0 atom stereocenters. The van der Waals surface area contributed by atoms with Gasteiger partial charge in [0.15, 0.2) is 0 Å². The zero-order valence-corrected chi connectivity index (χ0v) is 14.4. The zero-order chi connectivity index (χ0) is 18.6. The Hall–Kier alpha value is -3.16. The van der Waals surface area contributed by atoms with Gasteiger partial charge in [-0.05, 0) is 47.5 Å². The Kier molecular flexibility index (Phi) is 5.01. The first kappa shape index (κ1) is 17.7. The maximum atomic E-state index is 12.3. The Bertz CT molecular complexity index is 1000. The second-order valence-electron chi connectivity index (χ2n) is 5.51. The number of carbonyl (C=O) groups is 1. The lowest BCUT2D eigenvalue weighted by Crippen LogP contribution is -2.18. The average Bonchev–Trinajstić information content (AvgIpc) is 2.68. The number of amides is 1. The van der Waals surface area contributed by atoms with Crippen molar-refractivity contribution in [3.05, 3.63) is 84.4 Å². The van der Waals surface area contributed by atoms with Crippen LogP contribution in [0.25, 0.3) is 11.1 Å². The minimum absolute atomic E-state index is 0.196. The predicted octanol–water partition coefficient (Wildman–Crippen LogP) is 3.27. The van der Waals surface area contributed by atoms with Crippen LogP contribution in [0.15, 0.2) is 83.8 Å². The van der Waals surface area contributed by atoms with Crippen molar-refractivity contribution in [2.75, 3.05) is 4.72 Å². The lowest BCUT2D eigenvalue weighted by molar-refractivity contribution is 0.0706. The third kappa shape index (κ3) is 3.90. The van der Waals surface area contributed by atoms with Crippen molar-refractivity contribution in [1.29, 1.82) is 0 Å². The highest BCUT2D eigenvalue weighted by atomic mass is 32.2. The van der Waals surface area contributed by atoms with Gasteiger partial charge in [0, 0.05) is 11.3 Å². The molecule has 132 valence electrons. The second-order valence-corrected chi connectivity index (χ2v) is 7.20. The Morgan fingerprint density at radius 2 is 1.31 bits per heavy atom. The number of carbonyl (C=O) groups excluding carboxylic acids is 1. The molecule has 3 N–H and O–H groups in total. The second kappa shape index (κ2) is 7.38. The summed E-state index contributed by atoms with van der Waals surface area (Å²) in [4.78, 5) is 11.5. The number of hydroxylamine groups is 1. The molecular formula is C19H16N2O4S. The molecule has 0 aliphatic carbocycles. The van der Waals surface area contributed by atoms with Crippen LogP contribution >= 0.6 is 0 Å². The number of benzene rings is 3. The number of rotatable bonds is 5. The summed E-state index contributed by atoms with van der Waals surface area (Å²) in [5.74, 6) is -0.581. The molecule has 0 saturated carbocycles. The highest BCUT2D eigenvalue weighted by Crippen LogP contribution is 2.23. The van der Waals surface area contributed by atoms with Gasteiger partial charge in [-0.1, -0.05) is 42.5 Å². The van der Waals surface area contributed by atoms with E-state index in [4.69, 9.17) is 5.21 Å². The maximum Gasteiger partial charge on any atom is 0.274 e. The fourth-order valence-corrected chi connectivity index (χ4v) is 3.50. The predicted molar refractivity (Wildman–Crippen MR) is 98.4 cm³/mol. The monoisotopic (exact) mass is 368 g/mol. The summed E-state index contributed by atoms with van der Waals surface area (Å²) < 4.78 is 27.2. The van der Waals surface area contributed by atoms with Crippen molar-refractivity contribution in [1.82, 2.24) is 5.48 Å². The molecule has 0 heterocycles. The quantitative estimate of drug-likeness (QED) is 0.476. The molecule has 7 heteroatoms. The Balaban J connectivity index is 1.77. The van der Waals surface area contributed by atoms with Gasteiger partial charge in [0.1, 0.15) is 0 Å². The molecule has 26 heavy (non-hydrogen) atoms. The molecular weight excluding hydrogens is 352 g/mol. The molecule has 3 aromatic carbocycles. The van der Waals surface area contributed by atoms with Crippen molar-refractivity contribution in [2.45, 2.75) is 4.90 Å². The molecule has 0 aliphatic rings. The van der Waals surface area contributed by atoms with Crippen LogP contribution in [0, 0.1) is 0 Å². The summed E-state index contributed by atoms with van der Waals surface area (Å²) in [7, 11) is -3.63. The highest BCUT2D eigenvalue weighted by Gasteiger charge is 2.13. The van der Waals surface area contributed by atoms with Crippen LogP contribution in [-0.2, 0) is 10.0 Å². The van der Waals surface area contributed by atoms with Crippen LogP contribution in [0.2, 0.25) is 0 Å². The zero-order valence-electron chi connectivity index (χ0n) is 13.6. The van der Waals surface area contributed by atoms with Gasteiger partial charge < -0.3 is 0 Å². The Morgan fingerprint density at radius 3 is 1.85 bits per heavy atom. The lowest BCUT2D eigenvalue weighted by atomic mass is 10.0. The molecule has 0 bridgehead atoms. The van der Waals surface area contributed by atoms with E-state index in [-0.39, 0.29) is 4.90 Å². The van der Waals surface area contributed by atoms with E-state index in [9.17, 15) is 13.2 Å².